The van der Waals surface area contributed by atoms with Crippen LogP contribution in [0, 0.1) is 12.8 Å². The Morgan fingerprint density at radius 3 is 2.83 bits per heavy atom. The third-order valence-electron chi connectivity index (χ3n) is 5.16. The highest BCUT2D eigenvalue weighted by atomic mass is 35.5. The molecule has 0 bridgehead atoms. The van der Waals surface area contributed by atoms with Crippen LogP contribution in [0.25, 0.3) is 0 Å². The van der Waals surface area contributed by atoms with Gasteiger partial charge in [-0.3, -0.25) is 9.59 Å². The smallest absolute Gasteiger partial charge is 0.261 e. The number of carbonyl (C=O) groups excluding carboxylic acids is 2. The standard InChI is InChI=1S/C22H28ClN3O2S/c1-15-7-5-11-26(14-15)12-6-10-24-22(28)20-16(2)13-19(29-20)25-21(27)17-8-3-4-9-18(17)23/h3-4,8-9,13,15H,5-7,10-12,14H2,1-2H3,(H,24,28)(H,25,27). The fourth-order valence-electron chi connectivity index (χ4n) is 3.67. The van der Waals surface area contributed by atoms with Crippen LogP contribution in [0.5, 0.6) is 0 Å². The van der Waals surface area contributed by atoms with Crippen molar-refractivity contribution in [3.8, 4) is 0 Å². The molecular formula is C22H28ClN3O2S. The molecule has 2 aromatic rings. The van der Waals surface area contributed by atoms with Gasteiger partial charge in [0.2, 0.25) is 0 Å². The molecule has 2 N–H and O–H groups in total. The molecule has 1 aliphatic rings. The first-order valence-corrected chi connectivity index (χ1v) is 11.3. The van der Waals surface area contributed by atoms with Crippen LogP contribution in [0.1, 0.15) is 51.8 Å². The van der Waals surface area contributed by atoms with E-state index in [4.69, 9.17) is 11.6 Å². The van der Waals surface area contributed by atoms with Crippen LogP contribution in [0.2, 0.25) is 5.02 Å². The number of amides is 2. The zero-order valence-corrected chi connectivity index (χ0v) is 18.5. The molecule has 0 aliphatic carbocycles. The molecule has 1 fully saturated rings. The Hall–Kier alpha value is -1.89. The van der Waals surface area contributed by atoms with Gasteiger partial charge in [-0.2, -0.15) is 0 Å². The number of nitrogens with zero attached hydrogens (tertiary/aromatic N) is 1. The van der Waals surface area contributed by atoms with E-state index in [-0.39, 0.29) is 11.8 Å². The van der Waals surface area contributed by atoms with E-state index < -0.39 is 0 Å². The Morgan fingerprint density at radius 2 is 2.07 bits per heavy atom. The number of thiophene rings is 1. The number of aryl methyl sites for hydroxylation is 1. The molecule has 0 saturated carbocycles. The van der Waals surface area contributed by atoms with E-state index >= 15 is 0 Å². The van der Waals surface area contributed by atoms with Crippen LogP contribution < -0.4 is 10.6 Å². The lowest BCUT2D eigenvalue weighted by Crippen LogP contribution is -2.36. The number of likely N-dealkylation sites (tertiary alicyclic amines) is 1. The van der Waals surface area contributed by atoms with Crippen LogP contribution in [-0.2, 0) is 0 Å². The van der Waals surface area contributed by atoms with Crippen molar-refractivity contribution in [3.63, 3.8) is 0 Å². The van der Waals surface area contributed by atoms with E-state index in [1.165, 1.54) is 24.2 Å². The molecule has 1 aromatic heterocycles. The molecule has 1 aromatic carbocycles. The van der Waals surface area contributed by atoms with Gasteiger partial charge >= 0.3 is 0 Å². The van der Waals surface area contributed by atoms with Crippen molar-refractivity contribution in [1.82, 2.24) is 10.2 Å². The maximum atomic E-state index is 12.5. The number of nitrogens with one attached hydrogen (secondary N) is 2. The SMILES string of the molecule is Cc1cc(NC(=O)c2ccccc2Cl)sc1C(=O)NCCCN1CCCC(C)C1. The van der Waals surface area contributed by atoms with Gasteiger partial charge < -0.3 is 15.5 Å². The number of piperidine rings is 1. The van der Waals surface area contributed by atoms with E-state index in [0.717, 1.165) is 37.5 Å². The molecule has 7 heteroatoms. The molecule has 3 rings (SSSR count). The molecule has 0 spiro atoms. The van der Waals surface area contributed by atoms with Gasteiger partial charge in [-0.25, -0.2) is 0 Å². The van der Waals surface area contributed by atoms with Crippen LogP contribution in [-0.4, -0.2) is 42.9 Å². The van der Waals surface area contributed by atoms with Crippen molar-refractivity contribution < 1.29 is 9.59 Å². The topological polar surface area (TPSA) is 61.4 Å². The second kappa shape index (κ2) is 10.2. The number of benzene rings is 1. The van der Waals surface area contributed by atoms with Crippen molar-refractivity contribution in [1.29, 1.82) is 0 Å². The van der Waals surface area contributed by atoms with Crippen LogP contribution in [0.3, 0.4) is 0 Å². The monoisotopic (exact) mass is 433 g/mol. The number of halogens is 1. The van der Waals surface area contributed by atoms with Crippen molar-refractivity contribution in [2.75, 3.05) is 31.5 Å². The Bertz CT molecular complexity index is 867. The first-order valence-electron chi connectivity index (χ1n) is 10.1. The summed E-state index contributed by atoms with van der Waals surface area (Å²) >= 11 is 7.37. The van der Waals surface area contributed by atoms with E-state index in [2.05, 4.69) is 22.5 Å². The number of anilines is 1. The fraction of sp³-hybridized carbons (Fsp3) is 0.455. The summed E-state index contributed by atoms with van der Waals surface area (Å²) < 4.78 is 0. The number of carbonyl (C=O) groups is 2. The van der Waals surface area contributed by atoms with Crippen LogP contribution in [0.4, 0.5) is 5.00 Å². The summed E-state index contributed by atoms with van der Waals surface area (Å²) in [6, 6.07) is 8.73. The predicted octanol–water partition coefficient (Wildman–Crippen LogP) is 4.81. The summed E-state index contributed by atoms with van der Waals surface area (Å²) in [5, 5.41) is 6.89. The van der Waals surface area contributed by atoms with Crippen LogP contribution in [0.15, 0.2) is 30.3 Å². The summed E-state index contributed by atoms with van der Waals surface area (Å²) in [4.78, 5) is 28.1. The van der Waals surface area contributed by atoms with Gasteiger partial charge in [-0.05, 0) is 69.0 Å². The summed E-state index contributed by atoms with van der Waals surface area (Å²) in [6.07, 6.45) is 3.53. The van der Waals surface area contributed by atoms with E-state index in [9.17, 15) is 9.59 Å². The van der Waals surface area contributed by atoms with Gasteiger partial charge in [0.05, 0.1) is 20.5 Å². The molecule has 0 radical (unpaired) electrons. The minimum absolute atomic E-state index is 0.0854. The Morgan fingerprint density at radius 1 is 1.28 bits per heavy atom. The van der Waals surface area contributed by atoms with Gasteiger partial charge in [0.15, 0.2) is 0 Å². The predicted molar refractivity (Wildman–Crippen MR) is 120 cm³/mol. The van der Waals surface area contributed by atoms with E-state index in [1.807, 2.05) is 13.0 Å². The summed E-state index contributed by atoms with van der Waals surface area (Å²) in [5.74, 6) is 0.406. The maximum absolute atomic E-state index is 12.5. The third kappa shape index (κ3) is 6.04. The Labute approximate surface area is 181 Å². The van der Waals surface area contributed by atoms with Gasteiger partial charge in [0.25, 0.3) is 11.8 Å². The van der Waals surface area contributed by atoms with Gasteiger partial charge in [-0.15, -0.1) is 11.3 Å². The second-order valence-electron chi connectivity index (χ2n) is 7.71. The molecular weight excluding hydrogens is 406 g/mol. The molecule has 2 heterocycles. The lowest BCUT2D eigenvalue weighted by molar-refractivity contribution is 0.0952. The summed E-state index contributed by atoms with van der Waals surface area (Å²) in [7, 11) is 0. The first-order chi connectivity index (χ1) is 13.9. The quantitative estimate of drug-likeness (QED) is 0.615. The lowest BCUT2D eigenvalue weighted by Gasteiger charge is -2.30. The average Bonchev–Trinajstić information content (AvgIpc) is 3.05. The van der Waals surface area contributed by atoms with Crippen molar-refractivity contribution >= 4 is 39.8 Å². The highest BCUT2D eigenvalue weighted by molar-refractivity contribution is 7.18. The van der Waals surface area contributed by atoms with Gasteiger partial charge in [-0.1, -0.05) is 30.7 Å². The zero-order chi connectivity index (χ0) is 20.8. The van der Waals surface area contributed by atoms with Crippen molar-refractivity contribution in [2.45, 2.75) is 33.1 Å². The zero-order valence-electron chi connectivity index (χ0n) is 17.0. The number of hydrogen-bond acceptors (Lipinski definition) is 4. The first kappa shape index (κ1) is 21.8. The second-order valence-corrected chi connectivity index (χ2v) is 9.17. The van der Waals surface area contributed by atoms with Crippen LogP contribution >= 0.6 is 22.9 Å². The van der Waals surface area contributed by atoms with E-state index in [0.29, 0.717) is 27.0 Å². The molecule has 1 atom stereocenters. The summed E-state index contributed by atoms with van der Waals surface area (Å²) in [6.45, 7) is 8.18. The molecule has 1 saturated heterocycles. The highest BCUT2D eigenvalue weighted by Crippen LogP contribution is 2.28. The largest absolute Gasteiger partial charge is 0.351 e. The maximum Gasteiger partial charge on any atom is 0.261 e. The van der Waals surface area contributed by atoms with E-state index in [1.54, 1.807) is 24.3 Å². The molecule has 156 valence electrons. The fourth-order valence-corrected chi connectivity index (χ4v) is 4.87. The minimum atomic E-state index is -0.278. The number of hydrogen-bond donors (Lipinski definition) is 2. The normalized spacial score (nSPS) is 17.1. The molecule has 1 unspecified atom stereocenters. The lowest BCUT2D eigenvalue weighted by atomic mass is 10.0. The Kier molecular flexibility index (Phi) is 7.70. The van der Waals surface area contributed by atoms with Gasteiger partial charge in [0.1, 0.15) is 0 Å². The van der Waals surface area contributed by atoms with Crippen molar-refractivity contribution in [2.24, 2.45) is 5.92 Å². The Balaban J connectivity index is 1.49. The molecule has 2 amide bonds. The summed E-state index contributed by atoms with van der Waals surface area (Å²) in [5.41, 5.74) is 1.27. The molecule has 5 nitrogen and oxygen atoms in total. The van der Waals surface area contributed by atoms with Crippen molar-refractivity contribution in [3.05, 3.63) is 51.4 Å². The molecule has 29 heavy (non-hydrogen) atoms. The highest BCUT2D eigenvalue weighted by Gasteiger charge is 2.18. The van der Waals surface area contributed by atoms with Gasteiger partial charge in [0, 0.05) is 13.1 Å². The average molecular weight is 434 g/mol. The minimum Gasteiger partial charge on any atom is -0.351 e. The number of rotatable bonds is 7. The molecule has 1 aliphatic heterocycles. The third-order valence-corrected chi connectivity index (χ3v) is 6.64.